The highest BCUT2D eigenvalue weighted by Crippen LogP contribution is 2.37. The van der Waals surface area contributed by atoms with E-state index in [-0.39, 0.29) is 11.6 Å². The Hall–Kier alpha value is -2.29. The Bertz CT molecular complexity index is 908. The van der Waals surface area contributed by atoms with Gasteiger partial charge < -0.3 is 4.74 Å². The number of alkyl halides is 3. The molecule has 0 bridgehead atoms. The number of aryl methyl sites for hydroxylation is 1. The fourth-order valence-electron chi connectivity index (χ4n) is 2.22. The largest absolute Gasteiger partial charge is 0.553 e. The molecule has 2 rings (SSSR count). The minimum atomic E-state index is -4.64. The molecule has 2 aromatic rings. The first-order valence-electron chi connectivity index (χ1n) is 7.42. The van der Waals surface area contributed by atoms with Crippen LogP contribution in [-0.2, 0) is 17.2 Å². The lowest BCUT2D eigenvalue weighted by Gasteiger charge is -2.12. The summed E-state index contributed by atoms with van der Waals surface area (Å²) in [6.45, 7) is 1.79. The number of benzene rings is 1. The van der Waals surface area contributed by atoms with Gasteiger partial charge in [-0.1, -0.05) is 24.9 Å². The topological polar surface area (TPSA) is 103 Å². The van der Waals surface area contributed by atoms with E-state index in [0.717, 1.165) is 12.1 Å². The van der Waals surface area contributed by atoms with Gasteiger partial charge in [0.2, 0.25) is 5.88 Å². The maximum absolute atomic E-state index is 12.7. The summed E-state index contributed by atoms with van der Waals surface area (Å²) in [4.78, 5) is 23.2. The molecular weight excluding hydrogens is 412 g/mol. The maximum Gasteiger partial charge on any atom is 0.553 e. The molecule has 1 atom stereocenters. The minimum Gasteiger partial charge on any atom is -0.437 e. The zero-order valence-electron chi connectivity index (χ0n) is 13.7. The molecule has 0 spiro atoms. The molecule has 27 heavy (non-hydrogen) atoms. The van der Waals surface area contributed by atoms with E-state index in [1.807, 2.05) is 0 Å². The standard InChI is InChI=1S/C15H11ClF3N2O5P/c1-2-3-8-4-11(21(22)23)13(27(24)25)6-12(8)26-14-10(16)5-9(7-20-14)15(17,18)19/h4-7H,2-3H2,1H3/p+1. The molecular formula is C15H12ClF3N2O5P+. The van der Waals surface area contributed by atoms with Crippen LogP contribution in [0.25, 0.3) is 0 Å². The number of aromatic nitrogens is 1. The molecule has 0 fully saturated rings. The second kappa shape index (κ2) is 8.16. The Kier molecular flexibility index (Phi) is 6.35. The number of ether oxygens (including phenoxy) is 1. The van der Waals surface area contributed by atoms with Crippen molar-refractivity contribution >= 4 is 30.6 Å². The predicted octanol–water partition coefficient (Wildman–Crippen LogP) is 4.77. The van der Waals surface area contributed by atoms with Crippen LogP contribution < -0.4 is 10.0 Å². The molecule has 1 N–H and O–H groups in total. The van der Waals surface area contributed by atoms with E-state index in [1.54, 1.807) is 6.92 Å². The first kappa shape index (κ1) is 21.0. The van der Waals surface area contributed by atoms with Gasteiger partial charge in [0.05, 0.1) is 10.5 Å². The molecule has 0 saturated heterocycles. The highest BCUT2D eigenvalue weighted by molar-refractivity contribution is 7.47. The van der Waals surface area contributed by atoms with Crippen molar-refractivity contribution in [1.29, 1.82) is 0 Å². The van der Waals surface area contributed by atoms with Gasteiger partial charge in [0, 0.05) is 23.9 Å². The third-order valence-electron chi connectivity index (χ3n) is 3.42. The Labute approximate surface area is 156 Å². The molecule has 0 radical (unpaired) electrons. The van der Waals surface area contributed by atoms with Gasteiger partial charge >= 0.3 is 25.2 Å². The van der Waals surface area contributed by atoms with Crippen molar-refractivity contribution < 1.29 is 32.3 Å². The second-order valence-corrected chi connectivity index (χ2v) is 6.77. The Morgan fingerprint density at radius 1 is 1.37 bits per heavy atom. The van der Waals surface area contributed by atoms with E-state index < -0.39 is 40.7 Å². The molecule has 0 aliphatic carbocycles. The lowest BCUT2D eigenvalue weighted by Crippen LogP contribution is -2.09. The molecule has 7 nitrogen and oxygen atoms in total. The van der Waals surface area contributed by atoms with E-state index in [4.69, 9.17) is 16.3 Å². The van der Waals surface area contributed by atoms with Gasteiger partial charge in [-0.15, -0.1) is 0 Å². The molecule has 1 aromatic heterocycles. The highest BCUT2D eigenvalue weighted by Gasteiger charge is 2.34. The lowest BCUT2D eigenvalue weighted by molar-refractivity contribution is -0.383. The first-order valence-corrected chi connectivity index (χ1v) is 9.01. The van der Waals surface area contributed by atoms with Crippen LogP contribution in [0.1, 0.15) is 24.5 Å². The quantitative estimate of drug-likeness (QED) is 0.408. The summed E-state index contributed by atoms with van der Waals surface area (Å²) in [5, 5.41) is 10.2. The van der Waals surface area contributed by atoms with E-state index in [9.17, 15) is 32.7 Å². The molecule has 0 aliphatic heterocycles. The number of nitrogens with zero attached hydrogens (tertiary/aromatic N) is 2. The molecule has 0 amide bonds. The van der Waals surface area contributed by atoms with E-state index in [1.165, 1.54) is 0 Å². The van der Waals surface area contributed by atoms with Gasteiger partial charge in [0.25, 0.3) is 0 Å². The van der Waals surface area contributed by atoms with Crippen LogP contribution in [-0.4, -0.2) is 14.8 Å². The van der Waals surface area contributed by atoms with Gasteiger partial charge in [-0.3, -0.25) is 10.1 Å². The van der Waals surface area contributed by atoms with Crippen LogP contribution in [0.5, 0.6) is 11.6 Å². The SMILES string of the molecule is CCCc1cc([N+](=O)[O-])c([P+](=O)O)cc1Oc1ncc(C(F)(F)F)cc1Cl. The molecule has 1 unspecified atom stereocenters. The number of rotatable bonds is 6. The highest BCUT2D eigenvalue weighted by atomic mass is 35.5. The summed E-state index contributed by atoms with van der Waals surface area (Å²) < 4.78 is 54.9. The molecule has 1 heterocycles. The zero-order chi connectivity index (χ0) is 20.4. The Balaban J connectivity index is 2.53. The second-order valence-electron chi connectivity index (χ2n) is 5.34. The van der Waals surface area contributed by atoms with Crippen LogP contribution in [0.15, 0.2) is 24.4 Å². The van der Waals surface area contributed by atoms with Crippen molar-refractivity contribution in [2.75, 3.05) is 0 Å². The Morgan fingerprint density at radius 2 is 2.04 bits per heavy atom. The van der Waals surface area contributed by atoms with Crippen molar-refractivity contribution in [3.8, 4) is 11.6 Å². The van der Waals surface area contributed by atoms with E-state index in [0.29, 0.717) is 30.7 Å². The van der Waals surface area contributed by atoms with Crippen molar-refractivity contribution in [2.24, 2.45) is 0 Å². The van der Waals surface area contributed by atoms with E-state index >= 15 is 0 Å². The number of pyridine rings is 1. The fraction of sp³-hybridized carbons (Fsp3) is 0.267. The smallest absolute Gasteiger partial charge is 0.437 e. The van der Waals surface area contributed by atoms with Gasteiger partial charge in [-0.25, -0.2) is 4.98 Å². The van der Waals surface area contributed by atoms with Crippen LogP contribution in [0, 0.1) is 10.1 Å². The molecule has 0 saturated carbocycles. The van der Waals surface area contributed by atoms with Gasteiger partial charge in [0.1, 0.15) is 10.8 Å². The number of hydrogen-bond acceptors (Lipinski definition) is 5. The minimum absolute atomic E-state index is 0.0518. The third-order valence-corrected chi connectivity index (χ3v) is 4.46. The van der Waals surface area contributed by atoms with Crippen LogP contribution in [0.4, 0.5) is 18.9 Å². The molecule has 12 heteroatoms. The number of nitro benzene ring substituents is 1. The Morgan fingerprint density at radius 3 is 2.52 bits per heavy atom. The summed E-state index contributed by atoms with van der Waals surface area (Å²) in [5.74, 6) is -0.418. The van der Waals surface area contributed by atoms with Crippen molar-refractivity contribution in [2.45, 2.75) is 25.9 Å². The number of halogens is 4. The van der Waals surface area contributed by atoms with Crippen LogP contribution in [0.2, 0.25) is 5.02 Å². The van der Waals surface area contributed by atoms with Crippen LogP contribution >= 0.6 is 19.6 Å². The summed E-state index contributed by atoms with van der Waals surface area (Å²) in [6, 6.07) is 2.72. The van der Waals surface area contributed by atoms with Crippen LogP contribution in [0.3, 0.4) is 0 Å². The average molecular weight is 424 g/mol. The lowest BCUT2D eigenvalue weighted by atomic mass is 10.1. The zero-order valence-corrected chi connectivity index (χ0v) is 15.3. The van der Waals surface area contributed by atoms with Crippen molar-refractivity contribution in [3.63, 3.8) is 0 Å². The van der Waals surface area contributed by atoms with E-state index in [2.05, 4.69) is 4.98 Å². The summed E-state index contributed by atoms with van der Waals surface area (Å²) in [6.07, 6.45) is -3.24. The fourth-order valence-corrected chi connectivity index (χ4v) is 2.99. The average Bonchev–Trinajstić information content (AvgIpc) is 2.56. The van der Waals surface area contributed by atoms with Crippen molar-refractivity contribution in [3.05, 3.63) is 50.7 Å². The van der Waals surface area contributed by atoms with Gasteiger partial charge in [-0.2, -0.15) is 18.1 Å². The first-order chi connectivity index (χ1) is 12.5. The summed E-state index contributed by atoms with van der Waals surface area (Å²) in [5.41, 5.74) is -1.31. The van der Waals surface area contributed by atoms with Gasteiger partial charge in [-0.05, 0) is 17.1 Å². The van der Waals surface area contributed by atoms with Crippen molar-refractivity contribution in [1.82, 2.24) is 4.98 Å². The third kappa shape index (κ3) is 4.91. The molecule has 1 aromatic carbocycles. The number of hydrogen-bond donors (Lipinski definition) is 1. The number of nitro groups is 1. The molecule has 144 valence electrons. The monoisotopic (exact) mass is 423 g/mol. The predicted molar refractivity (Wildman–Crippen MR) is 90.9 cm³/mol. The summed E-state index contributed by atoms with van der Waals surface area (Å²) >= 11 is 5.80. The normalized spacial score (nSPS) is 12.0. The summed E-state index contributed by atoms with van der Waals surface area (Å²) in [7, 11) is -3.06. The molecule has 0 aliphatic rings. The van der Waals surface area contributed by atoms with Gasteiger partial charge in [0.15, 0.2) is 0 Å². The maximum atomic E-state index is 12.7.